The van der Waals surface area contributed by atoms with Gasteiger partial charge in [-0.25, -0.2) is 4.98 Å². The summed E-state index contributed by atoms with van der Waals surface area (Å²) in [6, 6.07) is 6.05. The third-order valence-electron chi connectivity index (χ3n) is 3.71. The van der Waals surface area contributed by atoms with Gasteiger partial charge in [0.2, 0.25) is 0 Å². The van der Waals surface area contributed by atoms with Crippen molar-refractivity contribution in [2.45, 2.75) is 32.0 Å². The molecule has 0 aliphatic carbocycles. The molecule has 1 atom stereocenters. The lowest BCUT2D eigenvalue weighted by atomic mass is 10.2. The Morgan fingerprint density at radius 1 is 1.38 bits per heavy atom. The fraction of sp³-hybridized carbons (Fsp3) is 0.533. The molecule has 3 rings (SSSR count). The number of hydrogen-bond donors (Lipinski definition) is 0. The number of aromatic nitrogens is 4. The molecule has 2 aromatic rings. The molecule has 0 aromatic carbocycles. The molecule has 21 heavy (non-hydrogen) atoms. The molecule has 3 heterocycles. The van der Waals surface area contributed by atoms with Crippen LogP contribution in [0.5, 0.6) is 0 Å². The highest BCUT2D eigenvalue weighted by Gasteiger charge is 2.19. The number of hydrogen-bond acceptors (Lipinski definition) is 5. The standard InChI is InChI=1S/C15H21N5O/c1-2-6-17-14(4-1)10-19(11-15-5-3-9-21-15)7-8-20-13-16-12-18-20/h1-2,4,6,12-13,15H,3,5,7-11H2/t15-/m1/s1. The van der Waals surface area contributed by atoms with E-state index in [9.17, 15) is 0 Å². The molecule has 1 aliphatic rings. The fourth-order valence-corrected chi connectivity index (χ4v) is 2.62. The van der Waals surface area contributed by atoms with Crippen molar-refractivity contribution in [1.29, 1.82) is 0 Å². The minimum absolute atomic E-state index is 0.351. The molecule has 1 saturated heterocycles. The minimum Gasteiger partial charge on any atom is -0.377 e. The summed E-state index contributed by atoms with van der Waals surface area (Å²) in [6.45, 7) is 4.44. The molecular weight excluding hydrogens is 266 g/mol. The van der Waals surface area contributed by atoms with E-state index in [1.54, 1.807) is 12.7 Å². The van der Waals surface area contributed by atoms with E-state index in [1.165, 1.54) is 6.42 Å². The van der Waals surface area contributed by atoms with Gasteiger partial charge in [-0.2, -0.15) is 5.10 Å². The zero-order valence-corrected chi connectivity index (χ0v) is 12.1. The summed E-state index contributed by atoms with van der Waals surface area (Å²) in [7, 11) is 0. The van der Waals surface area contributed by atoms with Crippen molar-refractivity contribution >= 4 is 0 Å². The van der Waals surface area contributed by atoms with Crippen LogP contribution >= 0.6 is 0 Å². The first-order valence-corrected chi connectivity index (χ1v) is 7.46. The van der Waals surface area contributed by atoms with Gasteiger partial charge in [0, 0.05) is 32.4 Å². The smallest absolute Gasteiger partial charge is 0.137 e. The van der Waals surface area contributed by atoms with Crippen LogP contribution in [0.4, 0.5) is 0 Å². The molecule has 6 heteroatoms. The zero-order valence-electron chi connectivity index (χ0n) is 12.1. The highest BCUT2D eigenvalue weighted by molar-refractivity contribution is 5.03. The Kier molecular flexibility index (Phi) is 4.91. The van der Waals surface area contributed by atoms with Gasteiger partial charge in [-0.05, 0) is 25.0 Å². The van der Waals surface area contributed by atoms with E-state index in [-0.39, 0.29) is 0 Å². The summed E-state index contributed by atoms with van der Waals surface area (Å²) in [5.41, 5.74) is 1.09. The molecule has 0 radical (unpaired) electrons. The number of ether oxygens (including phenoxy) is 1. The average Bonchev–Trinajstić information content (AvgIpc) is 3.19. The summed E-state index contributed by atoms with van der Waals surface area (Å²) in [4.78, 5) is 10.8. The SMILES string of the molecule is c1ccc(CN(CCn2cncn2)C[C@H]2CCCO2)nc1. The maximum atomic E-state index is 5.76. The normalized spacial score (nSPS) is 18.4. The highest BCUT2D eigenvalue weighted by Crippen LogP contribution is 2.14. The van der Waals surface area contributed by atoms with Crippen LogP contribution in [0, 0.1) is 0 Å². The monoisotopic (exact) mass is 287 g/mol. The van der Waals surface area contributed by atoms with Crippen molar-refractivity contribution in [2.75, 3.05) is 19.7 Å². The van der Waals surface area contributed by atoms with Crippen LogP contribution in [0.3, 0.4) is 0 Å². The van der Waals surface area contributed by atoms with Gasteiger partial charge in [-0.15, -0.1) is 0 Å². The predicted octanol–water partition coefficient (Wildman–Crippen LogP) is 1.35. The lowest BCUT2D eigenvalue weighted by Gasteiger charge is -2.24. The first kappa shape index (κ1) is 14.2. The predicted molar refractivity (Wildman–Crippen MR) is 78.5 cm³/mol. The van der Waals surface area contributed by atoms with Crippen molar-refractivity contribution in [3.63, 3.8) is 0 Å². The van der Waals surface area contributed by atoms with E-state index in [1.807, 2.05) is 23.0 Å². The second-order valence-electron chi connectivity index (χ2n) is 5.35. The van der Waals surface area contributed by atoms with Crippen LogP contribution in [-0.4, -0.2) is 50.4 Å². The molecular formula is C15H21N5O. The van der Waals surface area contributed by atoms with Crippen LogP contribution in [0.1, 0.15) is 18.5 Å². The molecule has 1 fully saturated rings. The van der Waals surface area contributed by atoms with Crippen molar-refractivity contribution in [3.05, 3.63) is 42.7 Å². The number of nitrogens with zero attached hydrogens (tertiary/aromatic N) is 5. The number of rotatable bonds is 7. The molecule has 112 valence electrons. The maximum Gasteiger partial charge on any atom is 0.137 e. The van der Waals surface area contributed by atoms with Crippen LogP contribution in [-0.2, 0) is 17.8 Å². The van der Waals surface area contributed by atoms with Crippen molar-refractivity contribution < 1.29 is 4.74 Å². The fourth-order valence-electron chi connectivity index (χ4n) is 2.62. The third-order valence-corrected chi connectivity index (χ3v) is 3.71. The van der Waals surface area contributed by atoms with Crippen LogP contribution in [0.15, 0.2) is 37.1 Å². The Bertz CT molecular complexity index is 510. The first-order valence-electron chi connectivity index (χ1n) is 7.46. The Hall–Kier alpha value is -1.79. The van der Waals surface area contributed by atoms with Gasteiger partial charge in [0.1, 0.15) is 12.7 Å². The Morgan fingerprint density at radius 2 is 2.38 bits per heavy atom. The van der Waals surface area contributed by atoms with Gasteiger partial charge in [0.15, 0.2) is 0 Å². The topological polar surface area (TPSA) is 56.1 Å². The van der Waals surface area contributed by atoms with Gasteiger partial charge in [-0.1, -0.05) is 6.07 Å². The largest absolute Gasteiger partial charge is 0.377 e. The van der Waals surface area contributed by atoms with Gasteiger partial charge in [0.25, 0.3) is 0 Å². The van der Waals surface area contributed by atoms with Crippen LogP contribution < -0.4 is 0 Å². The van der Waals surface area contributed by atoms with E-state index in [4.69, 9.17) is 4.74 Å². The Labute approximate surface area is 124 Å². The second kappa shape index (κ2) is 7.28. The summed E-state index contributed by atoms with van der Waals surface area (Å²) in [5, 5.41) is 4.16. The van der Waals surface area contributed by atoms with E-state index >= 15 is 0 Å². The molecule has 0 amide bonds. The average molecular weight is 287 g/mol. The molecule has 1 aliphatic heterocycles. The number of pyridine rings is 1. The lowest BCUT2D eigenvalue weighted by Crippen LogP contribution is -2.34. The minimum atomic E-state index is 0.351. The van der Waals surface area contributed by atoms with Crippen molar-refractivity contribution in [2.24, 2.45) is 0 Å². The molecule has 0 unspecified atom stereocenters. The van der Waals surface area contributed by atoms with E-state index in [0.717, 1.165) is 44.9 Å². The Balaban J connectivity index is 1.58. The van der Waals surface area contributed by atoms with Crippen LogP contribution in [0.2, 0.25) is 0 Å². The molecule has 0 spiro atoms. The molecule has 6 nitrogen and oxygen atoms in total. The van der Waals surface area contributed by atoms with Gasteiger partial charge in [0.05, 0.1) is 18.3 Å². The van der Waals surface area contributed by atoms with Gasteiger partial charge < -0.3 is 4.74 Å². The Morgan fingerprint density at radius 3 is 3.10 bits per heavy atom. The highest BCUT2D eigenvalue weighted by atomic mass is 16.5. The van der Waals surface area contributed by atoms with Gasteiger partial charge in [-0.3, -0.25) is 14.6 Å². The van der Waals surface area contributed by atoms with Gasteiger partial charge >= 0.3 is 0 Å². The summed E-state index contributed by atoms with van der Waals surface area (Å²) < 4.78 is 7.62. The van der Waals surface area contributed by atoms with E-state index < -0.39 is 0 Å². The molecule has 0 saturated carbocycles. The zero-order chi connectivity index (χ0) is 14.3. The van der Waals surface area contributed by atoms with Crippen molar-refractivity contribution in [3.8, 4) is 0 Å². The van der Waals surface area contributed by atoms with E-state index in [0.29, 0.717) is 6.10 Å². The molecule has 0 N–H and O–H groups in total. The van der Waals surface area contributed by atoms with Crippen molar-refractivity contribution in [1.82, 2.24) is 24.6 Å². The quantitative estimate of drug-likeness (QED) is 0.769. The first-order chi connectivity index (χ1) is 10.4. The van der Waals surface area contributed by atoms with Crippen LogP contribution in [0.25, 0.3) is 0 Å². The third kappa shape index (κ3) is 4.34. The maximum absolute atomic E-state index is 5.76. The second-order valence-corrected chi connectivity index (χ2v) is 5.35. The molecule has 2 aromatic heterocycles. The lowest BCUT2D eigenvalue weighted by molar-refractivity contribution is 0.0685. The summed E-state index contributed by atoms with van der Waals surface area (Å²) in [6.07, 6.45) is 7.85. The molecule has 0 bridgehead atoms. The summed E-state index contributed by atoms with van der Waals surface area (Å²) in [5.74, 6) is 0. The van der Waals surface area contributed by atoms with E-state index in [2.05, 4.69) is 26.0 Å². The summed E-state index contributed by atoms with van der Waals surface area (Å²) >= 11 is 0.